The van der Waals surface area contributed by atoms with Crippen molar-refractivity contribution in [2.45, 2.75) is 64.9 Å². The lowest BCUT2D eigenvalue weighted by Crippen LogP contribution is -2.42. The Bertz CT molecular complexity index is 226. The van der Waals surface area contributed by atoms with Crippen LogP contribution < -0.4 is 0 Å². The number of hydrogen-bond acceptors (Lipinski definition) is 3. The standard InChI is InChI=1S/C17H34O3/c1-15(2)17(12-18-3,13-19-4)14-20-16-10-8-6-5-7-9-11-16/h15-16H,5-14H2,1-4H3. The summed E-state index contributed by atoms with van der Waals surface area (Å²) in [6.45, 7) is 6.62. The van der Waals surface area contributed by atoms with Gasteiger partial charge in [-0.3, -0.25) is 0 Å². The number of rotatable bonds is 8. The Hall–Kier alpha value is -0.120. The molecule has 0 saturated heterocycles. The fraction of sp³-hybridized carbons (Fsp3) is 1.00. The molecule has 0 atom stereocenters. The predicted octanol–water partition coefficient (Wildman–Crippen LogP) is 4.05. The van der Waals surface area contributed by atoms with E-state index in [-0.39, 0.29) is 5.41 Å². The summed E-state index contributed by atoms with van der Waals surface area (Å²) < 4.78 is 17.2. The molecular weight excluding hydrogens is 252 g/mol. The van der Waals surface area contributed by atoms with E-state index in [4.69, 9.17) is 14.2 Å². The third-order valence-corrected chi connectivity index (χ3v) is 4.75. The fourth-order valence-electron chi connectivity index (χ4n) is 3.07. The first kappa shape index (κ1) is 17.9. The van der Waals surface area contributed by atoms with Crippen LogP contribution in [-0.4, -0.2) is 40.1 Å². The molecule has 0 bridgehead atoms. The van der Waals surface area contributed by atoms with Crippen molar-refractivity contribution in [2.24, 2.45) is 11.3 Å². The summed E-state index contributed by atoms with van der Waals surface area (Å²) in [5.41, 5.74) is -0.0220. The van der Waals surface area contributed by atoms with E-state index in [1.54, 1.807) is 14.2 Å². The lowest BCUT2D eigenvalue weighted by Gasteiger charge is -2.37. The van der Waals surface area contributed by atoms with Crippen LogP contribution in [0.4, 0.5) is 0 Å². The largest absolute Gasteiger partial charge is 0.384 e. The lowest BCUT2D eigenvalue weighted by atomic mass is 9.79. The molecule has 0 aromatic heterocycles. The number of ether oxygens (including phenoxy) is 3. The van der Waals surface area contributed by atoms with Gasteiger partial charge in [-0.25, -0.2) is 0 Å². The maximum Gasteiger partial charge on any atom is 0.0575 e. The van der Waals surface area contributed by atoms with Gasteiger partial charge in [-0.1, -0.05) is 46.0 Å². The highest BCUT2D eigenvalue weighted by atomic mass is 16.5. The van der Waals surface area contributed by atoms with Crippen molar-refractivity contribution in [1.82, 2.24) is 0 Å². The van der Waals surface area contributed by atoms with Gasteiger partial charge in [0.2, 0.25) is 0 Å². The van der Waals surface area contributed by atoms with Crippen LogP contribution >= 0.6 is 0 Å². The molecule has 0 heterocycles. The first-order chi connectivity index (χ1) is 9.64. The molecule has 0 radical (unpaired) electrons. The second-order valence-corrected chi connectivity index (χ2v) is 6.66. The van der Waals surface area contributed by atoms with Gasteiger partial charge in [0.25, 0.3) is 0 Å². The van der Waals surface area contributed by atoms with Crippen molar-refractivity contribution in [2.75, 3.05) is 34.0 Å². The summed E-state index contributed by atoms with van der Waals surface area (Å²) in [6, 6.07) is 0. The lowest BCUT2D eigenvalue weighted by molar-refractivity contribution is -0.0982. The van der Waals surface area contributed by atoms with Gasteiger partial charge in [0.1, 0.15) is 0 Å². The summed E-state index contributed by atoms with van der Waals surface area (Å²) in [6.07, 6.45) is 9.62. The van der Waals surface area contributed by atoms with Crippen molar-refractivity contribution < 1.29 is 14.2 Å². The SMILES string of the molecule is COCC(COC)(COC1CCCCCCC1)C(C)C. The zero-order valence-electron chi connectivity index (χ0n) is 14.0. The average Bonchev–Trinajstić information content (AvgIpc) is 2.37. The average molecular weight is 286 g/mol. The zero-order valence-corrected chi connectivity index (χ0v) is 14.0. The van der Waals surface area contributed by atoms with Gasteiger partial charge in [0.05, 0.1) is 25.9 Å². The monoisotopic (exact) mass is 286 g/mol. The minimum atomic E-state index is -0.0220. The number of methoxy groups -OCH3 is 2. The maximum atomic E-state index is 6.29. The van der Waals surface area contributed by atoms with E-state index in [0.29, 0.717) is 25.2 Å². The van der Waals surface area contributed by atoms with Crippen LogP contribution in [0.3, 0.4) is 0 Å². The van der Waals surface area contributed by atoms with Crippen LogP contribution in [0.25, 0.3) is 0 Å². The van der Waals surface area contributed by atoms with Gasteiger partial charge in [-0.05, 0) is 18.8 Å². The Kier molecular flexibility index (Phi) is 8.74. The third-order valence-electron chi connectivity index (χ3n) is 4.75. The van der Waals surface area contributed by atoms with Crippen molar-refractivity contribution in [3.63, 3.8) is 0 Å². The van der Waals surface area contributed by atoms with E-state index < -0.39 is 0 Å². The molecule has 20 heavy (non-hydrogen) atoms. The van der Waals surface area contributed by atoms with Crippen LogP contribution in [0.1, 0.15) is 58.8 Å². The molecule has 0 unspecified atom stereocenters. The third kappa shape index (κ3) is 5.71. The summed E-state index contributed by atoms with van der Waals surface area (Å²) in [4.78, 5) is 0. The molecule has 1 aliphatic carbocycles. The van der Waals surface area contributed by atoms with E-state index in [9.17, 15) is 0 Å². The van der Waals surface area contributed by atoms with Crippen molar-refractivity contribution in [3.05, 3.63) is 0 Å². The molecule has 0 spiro atoms. The molecule has 3 heteroatoms. The van der Waals surface area contributed by atoms with E-state index in [2.05, 4.69) is 13.8 Å². The summed E-state index contributed by atoms with van der Waals surface area (Å²) in [5, 5.41) is 0. The molecule has 0 amide bonds. The number of hydrogen-bond donors (Lipinski definition) is 0. The van der Waals surface area contributed by atoms with Gasteiger partial charge in [0.15, 0.2) is 0 Å². The van der Waals surface area contributed by atoms with E-state index in [0.717, 1.165) is 6.61 Å². The fourth-order valence-corrected chi connectivity index (χ4v) is 3.07. The second kappa shape index (κ2) is 9.75. The van der Waals surface area contributed by atoms with Crippen LogP contribution in [0, 0.1) is 11.3 Å². The molecular formula is C17H34O3. The maximum absolute atomic E-state index is 6.29. The topological polar surface area (TPSA) is 27.7 Å². The smallest absolute Gasteiger partial charge is 0.0575 e. The highest BCUT2D eigenvalue weighted by molar-refractivity contribution is 4.83. The molecule has 1 saturated carbocycles. The normalized spacial score (nSPS) is 19.1. The Morgan fingerprint density at radius 1 is 0.850 bits per heavy atom. The first-order valence-electron chi connectivity index (χ1n) is 8.24. The van der Waals surface area contributed by atoms with Gasteiger partial charge in [0, 0.05) is 19.6 Å². The molecule has 1 aliphatic rings. The quantitative estimate of drug-likeness (QED) is 0.673. The molecule has 0 aliphatic heterocycles. The molecule has 0 aromatic rings. The summed E-state index contributed by atoms with van der Waals surface area (Å²) in [7, 11) is 3.53. The highest BCUT2D eigenvalue weighted by Crippen LogP contribution is 2.31. The second-order valence-electron chi connectivity index (χ2n) is 6.66. The zero-order chi connectivity index (χ0) is 14.8. The van der Waals surface area contributed by atoms with Crippen LogP contribution in [0.5, 0.6) is 0 Å². The Morgan fingerprint density at radius 3 is 1.80 bits per heavy atom. The Morgan fingerprint density at radius 2 is 1.35 bits per heavy atom. The summed E-state index contributed by atoms with van der Waals surface area (Å²) >= 11 is 0. The minimum Gasteiger partial charge on any atom is -0.384 e. The van der Waals surface area contributed by atoms with Gasteiger partial charge >= 0.3 is 0 Å². The van der Waals surface area contributed by atoms with Crippen LogP contribution in [-0.2, 0) is 14.2 Å². The van der Waals surface area contributed by atoms with Crippen molar-refractivity contribution in [3.8, 4) is 0 Å². The van der Waals surface area contributed by atoms with Gasteiger partial charge in [-0.15, -0.1) is 0 Å². The first-order valence-corrected chi connectivity index (χ1v) is 8.24. The van der Waals surface area contributed by atoms with Crippen molar-refractivity contribution >= 4 is 0 Å². The van der Waals surface area contributed by atoms with Crippen LogP contribution in [0.2, 0.25) is 0 Å². The Balaban J connectivity index is 2.54. The van der Waals surface area contributed by atoms with Gasteiger partial charge < -0.3 is 14.2 Å². The van der Waals surface area contributed by atoms with E-state index >= 15 is 0 Å². The van der Waals surface area contributed by atoms with Crippen LogP contribution in [0.15, 0.2) is 0 Å². The molecule has 3 nitrogen and oxygen atoms in total. The minimum absolute atomic E-state index is 0.0220. The molecule has 0 N–H and O–H groups in total. The molecule has 1 fully saturated rings. The van der Waals surface area contributed by atoms with E-state index in [1.807, 2.05) is 0 Å². The summed E-state index contributed by atoms with van der Waals surface area (Å²) in [5.74, 6) is 0.482. The Labute approximate surface area is 125 Å². The predicted molar refractivity (Wildman–Crippen MR) is 83.1 cm³/mol. The molecule has 0 aromatic carbocycles. The highest BCUT2D eigenvalue weighted by Gasteiger charge is 2.35. The van der Waals surface area contributed by atoms with Gasteiger partial charge in [-0.2, -0.15) is 0 Å². The molecule has 120 valence electrons. The van der Waals surface area contributed by atoms with E-state index in [1.165, 1.54) is 44.9 Å². The van der Waals surface area contributed by atoms with Crippen molar-refractivity contribution in [1.29, 1.82) is 0 Å². The molecule has 1 rings (SSSR count).